The molecule has 0 saturated carbocycles. The van der Waals surface area contributed by atoms with Crippen LogP contribution in [0.4, 0.5) is 5.82 Å². The molecule has 0 bridgehead atoms. The van der Waals surface area contributed by atoms with Crippen LogP contribution in [0.1, 0.15) is 23.3 Å². The third-order valence-corrected chi connectivity index (χ3v) is 5.48. The number of anilines is 1. The molecule has 0 radical (unpaired) electrons. The number of nitrogens with one attached hydrogen (secondary N) is 2. The normalized spacial score (nSPS) is 16.5. The first-order chi connectivity index (χ1) is 14.7. The Morgan fingerprint density at radius 1 is 1.20 bits per heavy atom. The zero-order chi connectivity index (χ0) is 20.5. The molecule has 0 spiro atoms. The van der Waals surface area contributed by atoms with Crippen molar-refractivity contribution in [2.45, 2.75) is 12.8 Å². The lowest BCUT2D eigenvalue weighted by Gasteiger charge is -2.22. The third-order valence-electron chi connectivity index (χ3n) is 5.48. The molecule has 4 heterocycles. The molecule has 0 unspecified atom stereocenters. The topological polar surface area (TPSA) is 124 Å². The van der Waals surface area contributed by atoms with Gasteiger partial charge in [-0.1, -0.05) is 0 Å². The average Bonchev–Trinajstić information content (AvgIpc) is 3.23. The van der Waals surface area contributed by atoms with Gasteiger partial charge in [-0.15, -0.1) is 0 Å². The second-order valence-electron chi connectivity index (χ2n) is 7.49. The summed E-state index contributed by atoms with van der Waals surface area (Å²) in [7, 11) is 0. The van der Waals surface area contributed by atoms with Crippen LogP contribution in [0.15, 0.2) is 24.4 Å². The molecule has 5 rings (SSSR count). The van der Waals surface area contributed by atoms with E-state index >= 15 is 0 Å². The van der Waals surface area contributed by atoms with E-state index < -0.39 is 5.91 Å². The first-order valence-electron chi connectivity index (χ1n) is 10.1. The van der Waals surface area contributed by atoms with Crippen LogP contribution in [0.25, 0.3) is 22.3 Å². The Morgan fingerprint density at radius 2 is 2.03 bits per heavy atom. The van der Waals surface area contributed by atoms with E-state index in [1.807, 2.05) is 18.2 Å². The van der Waals surface area contributed by atoms with Gasteiger partial charge in [0.05, 0.1) is 11.9 Å². The van der Waals surface area contributed by atoms with Gasteiger partial charge < -0.3 is 30.2 Å². The lowest BCUT2D eigenvalue weighted by Crippen LogP contribution is -2.23. The summed E-state index contributed by atoms with van der Waals surface area (Å²) in [6.45, 7) is 3.36. The number of fused-ring (bicyclic) bond motifs is 3. The predicted molar refractivity (Wildman–Crippen MR) is 111 cm³/mol. The van der Waals surface area contributed by atoms with Crippen LogP contribution in [-0.4, -0.2) is 53.8 Å². The van der Waals surface area contributed by atoms with Crippen molar-refractivity contribution in [1.29, 1.82) is 0 Å². The van der Waals surface area contributed by atoms with Crippen molar-refractivity contribution in [2.24, 2.45) is 11.7 Å². The van der Waals surface area contributed by atoms with Crippen LogP contribution in [0, 0.1) is 5.92 Å². The van der Waals surface area contributed by atoms with Gasteiger partial charge in [0, 0.05) is 30.7 Å². The van der Waals surface area contributed by atoms with E-state index in [-0.39, 0.29) is 5.69 Å². The molecule has 1 fully saturated rings. The predicted octanol–water partition coefficient (Wildman–Crippen LogP) is 2.33. The van der Waals surface area contributed by atoms with E-state index in [9.17, 15) is 4.79 Å². The Bertz CT molecular complexity index is 1090. The number of carbonyl (C=O) groups excluding carboxylic acids is 1. The average molecular weight is 409 g/mol. The quantitative estimate of drug-likeness (QED) is 0.591. The summed E-state index contributed by atoms with van der Waals surface area (Å²) >= 11 is 0. The molecule has 30 heavy (non-hydrogen) atoms. The molecule has 4 N–H and O–H groups in total. The molecule has 3 aromatic rings. The van der Waals surface area contributed by atoms with Gasteiger partial charge in [0.25, 0.3) is 5.91 Å². The fourth-order valence-electron chi connectivity index (χ4n) is 3.88. The van der Waals surface area contributed by atoms with E-state index in [4.69, 9.17) is 19.9 Å². The van der Waals surface area contributed by atoms with Crippen LogP contribution in [-0.2, 0) is 4.74 Å². The van der Waals surface area contributed by atoms with E-state index in [2.05, 4.69) is 20.3 Å². The Balaban J connectivity index is 1.49. The van der Waals surface area contributed by atoms with E-state index in [0.29, 0.717) is 47.8 Å². The van der Waals surface area contributed by atoms with Crippen LogP contribution >= 0.6 is 0 Å². The summed E-state index contributed by atoms with van der Waals surface area (Å²) in [6, 6.07) is 5.67. The Kier molecular flexibility index (Phi) is 4.88. The number of carbonyl (C=O) groups is 1. The molecule has 0 aliphatic carbocycles. The summed E-state index contributed by atoms with van der Waals surface area (Å²) in [5, 5.41) is 4.20. The smallest absolute Gasteiger partial charge is 0.269 e. The molecular weight excluding hydrogens is 386 g/mol. The summed E-state index contributed by atoms with van der Waals surface area (Å²) in [5.41, 5.74) is 7.58. The second-order valence-corrected chi connectivity index (χ2v) is 7.49. The molecule has 1 saturated heterocycles. The second kappa shape index (κ2) is 7.83. The highest BCUT2D eigenvalue weighted by atomic mass is 16.6. The van der Waals surface area contributed by atoms with Crippen molar-refractivity contribution < 1.29 is 19.0 Å². The minimum Gasteiger partial charge on any atom is -0.486 e. The van der Waals surface area contributed by atoms with Crippen LogP contribution in [0.2, 0.25) is 0 Å². The van der Waals surface area contributed by atoms with Gasteiger partial charge in [0.1, 0.15) is 24.7 Å². The van der Waals surface area contributed by atoms with Crippen molar-refractivity contribution in [3.8, 4) is 22.9 Å². The number of nitrogens with two attached hydrogens (primary N) is 1. The zero-order valence-corrected chi connectivity index (χ0v) is 16.4. The zero-order valence-electron chi connectivity index (χ0n) is 16.4. The number of aromatic nitrogens is 3. The number of primary amides is 1. The molecule has 2 aromatic heterocycles. The van der Waals surface area contributed by atoms with Gasteiger partial charge >= 0.3 is 0 Å². The molecular formula is C21H23N5O4. The maximum absolute atomic E-state index is 12.0. The summed E-state index contributed by atoms with van der Waals surface area (Å²) in [5.74, 6) is 1.88. The number of H-pyrrole nitrogens is 1. The Hall–Kier alpha value is -3.33. The molecule has 156 valence electrons. The summed E-state index contributed by atoms with van der Waals surface area (Å²) in [4.78, 5) is 24.2. The Morgan fingerprint density at radius 3 is 2.87 bits per heavy atom. The van der Waals surface area contributed by atoms with E-state index in [0.717, 1.165) is 43.5 Å². The van der Waals surface area contributed by atoms with Crippen molar-refractivity contribution in [1.82, 2.24) is 15.0 Å². The highest BCUT2D eigenvalue weighted by molar-refractivity contribution is 5.99. The van der Waals surface area contributed by atoms with Gasteiger partial charge in [0.15, 0.2) is 17.2 Å². The van der Waals surface area contributed by atoms with Crippen molar-refractivity contribution in [2.75, 3.05) is 38.3 Å². The molecule has 0 atom stereocenters. The molecule has 2 aliphatic rings. The molecule has 9 heteroatoms. The lowest BCUT2D eigenvalue weighted by atomic mass is 10.0. The fraction of sp³-hybridized carbons (Fsp3) is 0.381. The highest BCUT2D eigenvalue weighted by Crippen LogP contribution is 2.39. The maximum atomic E-state index is 12.0. The minimum atomic E-state index is -0.631. The molecule has 1 aromatic carbocycles. The number of benzene rings is 1. The monoisotopic (exact) mass is 409 g/mol. The fourth-order valence-corrected chi connectivity index (χ4v) is 3.88. The molecule has 9 nitrogen and oxygen atoms in total. The highest BCUT2D eigenvalue weighted by Gasteiger charge is 2.21. The minimum absolute atomic E-state index is 0.115. The van der Waals surface area contributed by atoms with Crippen molar-refractivity contribution >= 4 is 22.6 Å². The number of aromatic amines is 1. The summed E-state index contributed by atoms with van der Waals surface area (Å²) in [6.07, 6.45) is 3.58. The number of hydrogen-bond acceptors (Lipinski definition) is 7. The number of rotatable bonds is 5. The maximum Gasteiger partial charge on any atom is 0.269 e. The number of amides is 1. The number of ether oxygens (including phenoxy) is 3. The van der Waals surface area contributed by atoms with Crippen LogP contribution < -0.4 is 20.5 Å². The van der Waals surface area contributed by atoms with Gasteiger partial charge in [-0.2, -0.15) is 0 Å². The van der Waals surface area contributed by atoms with Gasteiger partial charge in [-0.25, -0.2) is 9.97 Å². The SMILES string of the molecule is NC(=O)c1ncc(NCC2CCOCC2)nc1-c1cc2c3c(ccc2[nH]1)OCCO3. The molecule has 2 aliphatic heterocycles. The van der Waals surface area contributed by atoms with Crippen LogP contribution in [0.3, 0.4) is 0 Å². The lowest BCUT2D eigenvalue weighted by molar-refractivity contribution is 0.0699. The first kappa shape index (κ1) is 18.7. The van der Waals surface area contributed by atoms with Gasteiger partial charge in [-0.3, -0.25) is 4.79 Å². The molecule has 1 amide bonds. The standard InChI is InChI=1S/C21H23N5O4/c22-21(27)19-18(26-17(11-24-19)23-10-12-3-5-28-6-4-12)15-9-13-14(25-15)1-2-16-20(13)30-8-7-29-16/h1-2,9,11-12,25H,3-8,10H2,(H2,22,27)(H,23,26). The first-order valence-corrected chi connectivity index (χ1v) is 10.1. The van der Waals surface area contributed by atoms with Crippen molar-refractivity contribution in [3.05, 3.63) is 30.1 Å². The van der Waals surface area contributed by atoms with Crippen LogP contribution in [0.5, 0.6) is 11.5 Å². The van der Waals surface area contributed by atoms with E-state index in [1.165, 1.54) is 0 Å². The third kappa shape index (κ3) is 3.52. The van der Waals surface area contributed by atoms with Crippen molar-refractivity contribution in [3.63, 3.8) is 0 Å². The number of nitrogens with zero attached hydrogens (tertiary/aromatic N) is 2. The largest absolute Gasteiger partial charge is 0.486 e. The number of hydrogen-bond donors (Lipinski definition) is 3. The van der Waals surface area contributed by atoms with Gasteiger partial charge in [-0.05, 0) is 37.0 Å². The van der Waals surface area contributed by atoms with Gasteiger partial charge in [0.2, 0.25) is 0 Å². The Labute approximate surface area is 172 Å². The summed E-state index contributed by atoms with van der Waals surface area (Å²) < 4.78 is 16.9. The van der Waals surface area contributed by atoms with E-state index in [1.54, 1.807) is 6.20 Å².